The fourth-order valence-electron chi connectivity index (χ4n) is 3.43. The smallest absolute Gasteiger partial charge is 0.194 e. The maximum absolute atomic E-state index is 9.59. The number of aliphatic hydroxyl groups is 2. The van der Waals surface area contributed by atoms with Crippen LogP contribution in [-0.4, -0.2) is 22.8 Å². The molecule has 3 aromatic carbocycles. The van der Waals surface area contributed by atoms with E-state index in [9.17, 15) is 10.2 Å². The molecule has 146 valence electrons. The average Bonchev–Trinajstić information content (AvgIpc) is 2.67. The summed E-state index contributed by atoms with van der Waals surface area (Å²) in [5, 5.41) is 19.2. The third-order valence-electron chi connectivity index (χ3n) is 4.79. The number of ether oxygens (including phenoxy) is 2. The van der Waals surface area contributed by atoms with Crippen LogP contribution >= 0.6 is 0 Å². The van der Waals surface area contributed by atoms with Gasteiger partial charge in [-0.2, -0.15) is 0 Å². The first-order valence-corrected chi connectivity index (χ1v) is 9.35. The molecule has 2 unspecified atom stereocenters. The molecule has 28 heavy (non-hydrogen) atoms. The monoisotopic (exact) mass is 378 g/mol. The Morgan fingerprint density at radius 2 is 1.07 bits per heavy atom. The zero-order valence-electron chi connectivity index (χ0n) is 16.4. The molecule has 0 aliphatic carbocycles. The first kappa shape index (κ1) is 19.9. The van der Waals surface area contributed by atoms with Crippen LogP contribution in [0, 0.1) is 0 Å². The fourth-order valence-corrected chi connectivity index (χ4v) is 3.43. The predicted molar refractivity (Wildman–Crippen MR) is 109 cm³/mol. The van der Waals surface area contributed by atoms with E-state index in [1.54, 1.807) is 13.8 Å². The second-order valence-electron chi connectivity index (χ2n) is 6.98. The minimum Gasteiger partial charge on any atom is -0.465 e. The average molecular weight is 378 g/mol. The van der Waals surface area contributed by atoms with Crippen LogP contribution in [0.3, 0.4) is 0 Å². The zero-order chi connectivity index (χ0) is 20.1. The Balaban J connectivity index is 2.15. The van der Waals surface area contributed by atoms with Crippen LogP contribution in [0.4, 0.5) is 0 Å². The van der Waals surface area contributed by atoms with E-state index in [0.29, 0.717) is 11.5 Å². The molecule has 3 rings (SSSR count). The molecule has 0 radical (unpaired) electrons. The van der Waals surface area contributed by atoms with Gasteiger partial charge >= 0.3 is 0 Å². The Kier molecular flexibility index (Phi) is 6.02. The highest BCUT2D eigenvalue weighted by molar-refractivity contribution is 5.52. The maximum atomic E-state index is 9.59. The van der Waals surface area contributed by atoms with Crippen molar-refractivity contribution < 1.29 is 19.7 Å². The van der Waals surface area contributed by atoms with E-state index in [4.69, 9.17) is 9.47 Å². The summed E-state index contributed by atoms with van der Waals surface area (Å²) in [5.41, 5.74) is 2.66. The lowest BCUT2D eigenvalue weighted by molar-refractivity contribution is -0.000857. The molecule has 3 aromatic rings. The van der Waals surface area contributed by atoms with Crippen molar-refractivity contribution in [1.29, 1.82) is 0 Å². The number of aliphatic hydroxyl groups excluding tert-OH is 2. The number of hydrogen-bond donors (Lipinski definition) is 2. The molecule has 0 saturated heterocycles. The van der Waals surface area contributed by atoms with Crippen LogP contribution in [0.2, 0.25) is 0 Å². The normalized spacial score (nSPS) is 15.3. The summed E-state index contributed by atoms with van der Waals surface area (Å²) in [7, 11) is 0. The Labute approximate surface area is 166 Å². The van der Waals surface area contributed by atoms with Crippen molar-refractivity contribution in [2.75, 3.05) is 0 Å². The van der Waals surface area contributed by atoms with Crippen molar-refractivity contribution in [2.24, 2.45) is 0 Å². The highest BCUT2D eigenvalue weighted by atomic mass is 16.6. The Morgan fingerprint density at radius 3 is 1.50 bits per heavy atom. The van der Waals surface area contributed by atoms with Gasteiger partial charge in [0.25, 0.3) is 0 Å². The lowest BCUT2D eigenvalue weighted by Gasteiger charge is -2.32. The van der Waals surface area contributed by atoms with Crippen LogP contribution in [0.5, 0.6) is 11.5 Å². The van der Waals surface area contributed by atoms with Crippen LogP contribution in [-0.2, 0) is 5.41 Å². The van der Waals surface area contributed by atoms with Crippen molar-refractivity contribution >= 4 is 0 Å². The molecule has 0 spiro atoms. The number of benzene rings is 3. The highest BCUT2D eigenvalue weighted by Gasteiger charge is 2.32. The summed E-state index contributed by atoms with van der Waals surface area (Å²) in [6.45, 7) is 5.31. The topological polar surface area (TPSA) is 58.9 Å². The summed E-state index contributed by atoms with van der Waals surface area (Å²) in [6, 6.07) is 25.7. The Hall–Kier alpha value is -2.82. The first-order chi connectivity index (χ1) is 13.4. The van der Waals surface area contributed by atoms with Crippen LogP contribution in [0.15, 0.2) is 78.9 Å². The van der Waals surface area contributed by atoms with E-state index in [0.717, 1.165) is 16.7 Å². The molecule has 0 saturated carbocycles. The largest absolute Gasteiger partial charge is 0.465 e. The van der Waals surface area contributed by atoms with Crippen molar-refractivity contribution in [3.05, 3.63) is 95.6 Å². The molecule has 0 amide bonds. The van der Waals surface area contributed by atoms with Gasteiger partial charge in [-0.25, -0.2) is 0 Å². The standard InChI is InChI=1S/C24H26O4/c1-17(25)27-22-13-7-11-20(15-22)24(3,19-9-5-4-6-10-19)21-12-8-14-23(16-21)28-18(2)26/h4-18,25-26H,1-3H3. The molecule has 0 aliphatic heterocycles. The Bertz CT molecular complexity index is 850. The minimum atomic E-state index is -0.888. The van der Waals surface area contributed by atoms with Crippen molar-refractivity contribution in [3.8, 4) is 11.5 Å². The van der Waals surface area contributed by atoms with Gasteiger partial charge in [0, 0.05) is 5.41 Å². The summed E-state index contributed by atoms with van der Waals surface area (Å²) < 4.78 is 11.0. The third-order valence-corrected chi connectivity index (χ3v) is 4.79. The zero-order valence-corrected chi connectivity index (χ0v) is 16.4. The molecule has 2 atom stereocenters. The summed E-state index contributed by atoms with van der Waals surface area (Å²) in [4.78, 5) is 0. The minimum absolute atomic E-state index is 0.489. The molecule has 0 aliphatic rings. The molecule has 0 bridgehead atoms. The summed E-state index contributed by atoms with van der Waals surface area (Å²) in [6.07, 6.45) is -1.78. The molecule has 0 aromatic heterocycles. The van der Waals surface area contributed by atoms with Crippen molar-refractivity contribution in [1.82, 2.24) is 0 Å². The van der Waals surface area contributed by atoms with Gasteiger partial charge in [0.15, 0.2) is 12.6 Å². The van der Waals surface area contributed by atoms with Crippen molar-refractivity contribution in [3.63, 3.8) is 0 Å². The van der Waals surface area contributed by atoms with Gasteiger partial charge in [-0.3, -0.25) is 0 Å². The van der Waals surface area contributed by atoms with Gasteiger partial charge in [-0.1, -0.05) is 54.6 Å². The highest BCUT2D eigenvalue weighted by Crippen LogP contribution is 2.41. The lowest BCUT2D eigenvalue weighted by atomic mass is 9.71. The number of rotatable bonds is 7. The van der Waals surface area contributed by atoms with Crippen LogP contribution in [0.1, 0.15) is 37.5 Å². The van der Waals surface area contributed by atoms with Gasteiger partial charge < -0.3 is 19.7 Å². The molecular formula is C24H26O4. The molecular weight excluding hydrogens is 352 g/mol. The van der Waals surface area contributed by atoms with Crippen LogP contribution in [0.25, 0.3) is 0 Å². The fraction of sp³-hybridized carbons (Fsp3) is 0.250. The Morgan fingerprint density at radius 1 is 0.643 bits per heavy atom. The lowest BCUT2D eigenvalue weighted by Crippen LogP contribution is -2.25. The second-order valence-corrected chi connectivity index (χ2v) is 6.98. The second kappa shape index (κ2) is 8.46. The third kappa shape index (κ3) is 4.35. The van der Waals surface area contributed by atoms with Gasteiger partial charge in [0.1, 0.15) is 11.5 Å². The molecule has 0 fully saturated rings. The van der Waals surface area contributed by atoms with E-state index < -0.39 is 18.0 Å². The number of hydrogen-bond acceptors (Lipinski definition) is 4. The van der Waals surface area contributed by atoms with Gasteiger partial charge in [-0.05, 0) is 61.7 Å². The van der Waals surface area contributed by atoms with Gasteiger partial charge in [0.05, 0.1) is 0 Å². The van der Waals surface area contributed by atoms with Gasteiger partial charge in [0.2, 0.25) is 0 Å². The van der Waals surface area contributed by atoms with E-state index in [2.05, 4.69) is 19.1 Å². The first-order valence-electron chi connectivity index (χ1n) is 9.35. The predicted octanol–water partition coefficient (Wildman–Crippen LogP) is 4.48. The molecule has 4 nitrogen and oxygen atoms in total. The van der Waals surface area contributed by atoms with Crippen molar-refractivity contribution in [2.45, 2.75) is 38.8 Å². The quantitative estimate of drug-likeness (QED) is 0.470. The molecule has 2 N–H and O–H groups in total. The molecule has 4 heteroatoms. The van der Waals surface area contributed by atoms with Crippen LogP contribution < -0.4 is 9.47 Å². The summed E-state index contributed by atoms with van der Waals surface area (Å²) >= 11 is 0. The van der Waals surface area contributed by atoms with E-state index >= 15 is 0 Å². The van der Waals surface area contributed by atoms with E-state index in [1.807, 2.05) is 66.7 Å². The summed E-state index contributed by atoms with van der Waals surface area (Å²) in [5.74, 6) is 1.21. The van der Waals surface area contributed by atoms with Gasteiger partial charge in [-0.15, -0.1) is 0 Å². The van der Waals surface area contributed by atoms with E-state index in [-0.39, 0.29) is 0 Å². The maximum Gasteiger partial charge on any atom is 0.194 e. The molecule has 0 heterocycles. The SMILES string of the molecule is CC(O)Oc1cccc(C(C)(c2ccccc2)c2cccc(OC(C)O)c2)c1. The van der Waals surface area contributed by atoms with E-state index in [1.165, 1.54) is 0 Å².